The zero-order valence-electron chi connectivity index (χ0n) is 24.9. The molecule has 43 heavy (non-hydrogen) atoms. The van der Waals surface area contributed by atoms with Crippen LogP contribution in [0.25, 0.3) is 0 Å². The molecule has 1 N–H and O–H groups in total. The molecule has 1 aliphatic rings. The molecule has 1 atom stereocenters. The standard InChI is InChI=1S/C33H39Cl2N3O4S/c1-4-30(33(40)36-26-12-6-5-7-13-26)37(21-25-11-8-9-14-29(25)35)32(39)22-38(31-16-10-15-28(34)24(31)3)43(41,42)27-19-17-23(2)18-20-27/h8-11,14-20,26,30H,4-7,12-13,21-22H2,1-3H3,(H,36,40)/t30-/m1/s1. The summed E-state index contributed by atoms with van der Waals surface area (Å²) in [6.07, 6.45) is 5.39. The van der Waals surface area contributed by atoms with Gasteiger partial charge in [0.05, 0.1) is 10.6 Å². The van der Waals surface area contributed by atoms with E-state index in [0.29, 0.717) is 33.3 Å². The molecule has 1 saturated carbocycles. The lowest BCUT2D eigenvalue weighted by molar-refractivity contribution is -0.140. The molecule has 3 aromatic rings. The summed E-state index contributed by atoms with van der Waals surface area (Å²) in [5.41, 5.74) is 2.38. The highest BCUT2D eigenvalue weighted by Crippen LogP contribution is 2.32. The van der Waals surface area contributed by atoms with Crippen molar-refractivity contribution in [2.24, 2.45) is 0 Å². The van der Waals surface area contributed by atoms with Crippen molar-refractivity contribution in [1.82, 2.24) is 10.2 Å². The first-order chi connectivity index (χ1) is 20.5. The van der Waals surface area contributed by atoms with Crippen LogP contribution in [0.5, 0.6) is 0 Å². The quantitative estimate of drug-likeness (QED) is 0.242. The minimum Gasteiger partial charge on any atom is -0.352 e. The van der Waals surface area contributed by atoms with Crippen LogP contribution in [0.1, 0.15) is 62.1 Å². The summed E-state index contributed by atoms with van der Waals surface area (Å²) in [7, 11) is -4.19. The third-order valence-corrected chi connectivity index (χ3v) is 10.6. The van der Waals surface area contributed by atoms with Gasteiger partial charge in [0, 0.05) is 22.6 Å². The van der Waals surface area contributed by atoms with Crippen LogP contribution < -0.4 is 9.62 Å². The Hall–Kier alpha value is -3.07. The smallest absolute Gasteiger partial charge is 0.264 e. The van der Waals surface area contributed by atoms with Crippen LogP contribution in [-0.2, 0) is 26.2 Å². The van der Waals surface area contributed by atoms with E-state index in [2.05, 4.69) is 5.32 Å². The number of nitrogens with one attached hydrogen (secondary N) is 1. The summed E-state index contributed by atoms with van der Waals surface area (Å²) < 4.78 is 29.3. The Bertz CT molecular complexity index is 1540. The highest BCUT2D eigenvalue weighted by atomic mass is 35.5. The highest BCUT2D eigenvalue weighted by Gasteiger charge is 2.35. The highest BCUT2D eigenvalue weighted by molar-refractivity contribution is 7.92. The zero-order valence-corrected chi connectivity index (χ0v) is 27.2. The Labute approximate surface area is 265 Å². The molecule has 0 aliphatic heterocycles. The van der Waals surface area contributed by atoms with Gasteiger partial charge in [-0.15, -0.1) is 0 Å². The second-order valence-electron chi connectivity index (χ2n) is 11.1. The van der Waals surface area contributed by atoms with E-state index in [-0.39, 0.29) is 23.4 Å². The van der Waals surface area contributed by atoms with Gasteiger partial charge in [-0.1, -0.05) is 91.3 Å². The summed E-state index contributed by atoms with van der Waals surface area (Å²) in [5, 5.41) is 3.98. The molecule has 1 fully saturated rings. The molecule has 2 amide bonds. The molecule has 3 aromatic carbocycles. The Balaban J connectivity index is 1.75. The van der Waals surface area contributed by atoms with Crippen LogP contribution in [0.4, 0.5) is 5.69 Å². The molecule has 0 heterocycles. The van der Waals surface area contributed by atoms with Crippen LogP contribution in [0, 0.1) is 13.8 Å². The average Bonchev–Trinajstić information content (AvgIpc) is 2.99. The topological polar surface area (TPSA) is 86.8 Å². The van der Waals surface area contributed by atoms with Crippen LogP contribution in [0.15, 0.2) is 71.6 Å². The number of anilines is 1. The van der Waals surface area contributed by atoms with Gasteiger partial charge in [-0.2, -0.15) is 0 Å². The summed E-state index contributed by atoms with van der Waals surface area (Å²) in [6.45, 7) is 4.94. The summed E-state index contributed by atoms with van der Waals surface area (Å²) >= 11 is 12.9. The fourth-order valence-corrected chi connectivity index (χ4v) is 7.33. The van der Waals surface area contributed by atoms with E-state index in [0.717, 1.165) is 42.0 Å². The SMILES string of the molecule is CC[C@H](C(=O)NC1CCCCC1)N(Cc1ccccc1Cl)C(=O)CN(c1cccc(Cl)c1C)S(=O)(=O)c1ccc(C)cc1. The second-order valence-corrected chi connectivity index (χ2v) is 13.8. The molecular weight excluding hydrogens is 605 g/mol. The number of nitrogens with zero attached hydrogens (tertiary/aromatic N) is 2. The Kier molecular flexibility index (Phi) is 11.2. The molecule has 0 radical (unpaired) electrons. The van der Waals surface area contributed by atoms with Crippen molar-refractivity contribution in [1.29, 1.82) is 0 Å². The maximum absolute atomic E-state index is 14.3. The lowest BCUT2D eigenvalue weighted by Gasteiger charge is -2.35. The second kappa shape index (κ2) is 14.6. The van der Waals surface area contributed by atoms with Gasteiger partial charge in [0.2, 0.25) is 11.8 Å². The maximum Gasteiger partial charge on any atom is 0.264 e. The van der Waals surface area contributed by atoms with E-state index in [9.17, 15) is 18.0 Å². The number of rotatable bonds is 11. The van der Waals surface area contributed by atoms with Crippen molar-refractivity contribution < 1.29 is 18.0 Å². The van der Waals surface area contributed by atoms with E-state index in [1.165, 1.54) is 17.0 Å². The van der Waals surface area contributed by atoms with Gasteiger partial charge in [0.1, 0.15) is 12.6 Å². The number of benzene rings is 3. The van der Waals surface area contributed by atoms with Crippen molar-refractivity contribution >= 4 is 50.7 Å². The predicted octanol–water partition coefficient (Wildman–Crippen LogP) is 7.06. The fraction of sp³-hybridized carbons (Fsp3) is 0.394. The first kappa shape index (κ1) is 32.8. The molecule has 10 heteroatoms. The van der Waals surface area contributed by atoms with E-state index in [1.807, 2.05) is 19.9 Å². The van der Waals surface area contributed by atoms with Crippen LogP contribution in [0.2, 0.25) is 10.0 Å². The molecule has 1 aliphatic carbocycles. The lowest BCUT2D eigenvalue weighted by Crippen LogP contribution is -2.54. The number of carbonyl (C=O) groups excluding carboxylic acids is 2. The maximum atomic E-state index is 14.3. The first-order valence-corrected chi connectivity index (χ1v) is 16.9. The zero-order chi connectivity index (χ0) is 31.1. The largest absolute Gasteiger partial charge is 0.352 e. The third kappa shape index (κ3) is 7.91. The number of hydrogen-bond acceptors (Lipinski definition) is 4. The molecule has 230 valence electrons. The predicted molar refractivity (Wildman–Crippen MR) is 173 cm³/mol. The van der Waals surface area contributed by atoms with Crippen molar-refractivity contribution in [3.63, 3.8) is 0 Å². The minimum absolute atomic E-state index is 0.0437. The molecule has 0 saturated heterocycles. The molecule has 0 unspecified atom stereocenters. The summed E-state index contributed by atoms with van der Waals surface area (Å²) in [4.78, 5) is 29.5. The molecule has 0 aromatic heterocycles. The fourth-order valence-electron chi connectivity index (χ4n) is 5.49. The van der Waals surface area contributed by atoms with Crippen LogP contribution in [0.3, 0.4) is 0 Å². The minimum atomic E-state index is -4.19. The van der Waals surface area contributed by atoms with Crippen molar-refractivity contribution in [3.8, 4) is 0 Å². The van der Waals surface area contributed by atoms with Gasteiger partial charge in [-0.25, -0.2) is 8.42 Å². The van der Waals surface area contributed by atoms with Crippen molar-refractivity contribution in [2.75, 3.05) is 10.8 Å². The normalized spacial score (nSPS) is 14.6. The number of sulfonamides is 1. The van der Waals surface area contributed by atoms with Crippen LogP contribution >= 0.6 is 23.2 Å². The van der Waals surface area contributed by atoms with E-state index < -0.39 is 28.5 Å². The number of aryl methyl sites for hydroxylation is 1. The summed E-state index contributed by atoms with van der Waals surface area (Å²) in [6, 6.07) is 17.8. The van der Waals surface area contributed by atoms with E-state index in [4.69, 9.17) is 23.2 Å². The molecule has 0 bridgehead atoms. The number of amides is 2. The molecule has 7 nitrogen and oxygen atoms in total. The first-order valence-electron chi connectivity index (χ1n) is 14.7. The number of hydrogen-bond donors (Lipinski definition) is 1. The van der Waals surface area contributed by atoms with E-state index in [1.54, 1.807) is 55.5 Å². The van der Waals surface area contributed by atoms with Crippen molar-refractivity contribution in [3.05, 3.63) is 93.5 Å². The Morgan fingerprint density at radius 2 is 1.56 bits per heavy atom. The van der Waals surface area contributed by atoms with Gasteiger partial charge >= 0.3 is 0 Å². The number of halogens is 2. The molecule has 0 spiro atoms. The average molecular weight is 645 g/mol. The van der Waals surface area contributed by atoms with Gasteiger partial charge in [0.15, 0.2) is 0 Å². The van der Waals surface area contributed by atoms with Gasteiger partial charge in [-0.3, -0.25) is 13.9 Å². The monoisotopic (exact) mass is 643 g/mol. The van der Waals surface area contributed by atoms with Gasteiger partial charge in [-0.05, 0) is 74.6 Å². The summed E-state index contributed by atoms with van der Waals surface area (Å²) in [5.74, 6) is -0.776. The van der Waals surface area contributed by atoms with Gasteiger partial charge in [0.25, 0.3) is 10.0 Å². The Morgan fingerprint density at radius 3 is 2.21 bits per heavy atom. The van der Waals surface area contributed by atoms with Crippen LogP contribution in [-0.4, -0.2) is 43.8 Å². The Morgan fingerprint density at radius 1 is 0.907 bits per heavy atom. The molecule has 4 rings (SSSR count). The number of carbonyl (C=O) groups is 2. The molecular formula is C33H39Cl2N3O4S. The third-order valence-electron chi connectivity index (χ3n) is 8.03. The van der Waals surface area contributed by atoms with Gasteiger partial charge < -0.3 is 10.2 Å². The van der Waals surface area contributed by atoms with Crippen molar-refractivity contribution in [2.45, 2.75) is 82.8 Å². The lowest BCUT2D eigenvalue weighted by atomic mass is 9.95. The van der Waals surface area contributed by atoms with E-state index >= 15 is 0 Å².